The lowest BCUT2D eigenvalue weighted by molar-refractivity contribution is -0.122. The molecule has 2 unspecified atom stereocenters. The summed E-state index contributed by atoms with van der Waals surface area (Å²) in [6.45, 7) is 3.42. The van der Waals surface area contributed by atoms with E-state index in [1.54, 1.807) is 25.1 Å². The van der Waals surface area contributed by atoms with Crippen LogP contribution in [0.15, 0.2) is 24.3 Å². The Kier molecular flexibility index (Phi) is 5.10. The average Bonchev–Trinajstić information content (AvgIpc) is 2.29. The first-order valence-corrected chi connectivity index (χ1v) is 5.69. The molecule has 1 amide bonds. The first-order chi connectivity index (χ1) is 8.04. The SMILES string of the molecule is CC(CO)NC(=O)CC(C)c1ccccc1F. The van der Waals surface area contributed by atoms with Crippen LogP contribution in [0.5, 0.6) is 0 Å². The quantitative estimate of drug-likeness (QED) is 0.823. The van der Waals surface area contributed by atoms with E-state index in [1.807, 2.05) is 6.92 Å². The van der Waals surface area contributed by atoms with Crippen molar-refractivity contribution in [1.29, 1.82) is 0 Å². The van der Waals surface area contributed by atoms with Gasteiger partial charge in [-0.15, -0.1) is 0 Å². The molecular formula is C13H18FNO2. The Morgan fingerprint density at radius 2 is 2.06 bits per heavy atom. The van der Waals surface area contributed by atoms with E-state index in [1.165, 1.54) is 6.07 Å². The normalized spacial score (nSPS) is 14.1. The fourth-order valence-electron chi connectivity index (χ4n) is 1.64. The number of rotatable bonds is 5. The smallest absolute Gasteiger partial charge is 0.220 e. The number of carbonyl (C=O) groups excluding carboxylic acids is 1. The van der Waals surface area contributed by atoms with E-state index in [0.717, 1.165) is 0 Å². The van der Waals surface area contributed by atoms with Crippen LogP contribution in [0, 0.1) is 5.82 Å². The third-order valence-corrected chi connectivity index (χ3v) is 2.61. The Balaban J connectivity index is 2.58. The molecule has 0 aliphatic heterocycles. The van der Waals surface area contributed by atoms with Crippen molar-refractivity contribution in [3.8, 4) is 0 Å². The van der Waals surface area contributed by atoms with Crippen molar-refractivity contribution in [1.82, 2.24) is 5.32 Å². The van der Waals surface area contributed by atoms with Crippen LogP contribution in [-0.2, 0) is 4.79 Å². The molecular weight excluding hydrogens is 221 g/mol. The highest BCUT2D eigenvalue weighted by molar-refractivity contribution is 5.77. The van der Waals surface area contributed by atoms with Gasteiger partial charge in [0.2, 0.25) is 5.91 Å². The average molecular weight is 239 g/mol. The predicted octanol–water partition coefficient (Wildman–Crippen LogP) is 1.82. The molecule has 0 aromatic heterocycles. The van der Waals surface area contributed by atoms with Crippen molar-refractivity contribution in [3.63, 3.8) is 0 Å². The topological polar surface area (TPSA) is 49.3 Å². The maximum absolute atomic E-state index is 13.4. The second-order valence-electron chi connectivity index (χ2n) is 4.28. The largest absolute Gasteiger partial charge is 0.394 e. The van der Waals surface area contributed by atoms with E-state index in [-0.39, 0.29) is 36.7 Å². The van der Waals surface area contributed by atoms with Gasteiger partial charge >= 0.3 is 0 Å². The minimum absolute atomic E-state index is 0.0974. The summed E-state index contributed by atoms with van der Waals surface area (Å²) in [5.41, 5.74) is 0.541. The molecule has 0 aliphatic rings. The standard InChI is InChI=1S/C13H18FNO2/c1-9(7-13(17)15-10(2)8-16)11-5-3-4-6-12(11)14/h3-6,9-10,16H,7-8H2,1-2H3,(H,15,17). The number of benzene rings is 1. The number of hydrogen-bond acceptors (Lipinski definition) is 2. The van der Waals surface area contributed by atoms with E-state index in [4.69, 9.17) is 5.11 Å². The summed E-state index contributed by atoms with van der Waals surface area (Å²) in [5.74, 6) is -0.646. The van der Waals surface area contributed by atoms with E-state index in [9.17, 15) is 9.18 Å². The molecule has 4 heteroatoms. The van der Waals surface area contributed by atoms with Crippen LogP contribution >= 0.6 is 0 Å². The van der Waals surface area contributed by atoms with Crippen molar-refractivity contribution in [2.45, 2.75) is 32.2 Å². The molecule has 0 heterocycles. The number of carbonyl (C=O) groups is 1. The molecule has 0 spiro atoms. The van der Waals surface area contributed by atoms with E-state index >= 15 is 0 Å². The fraction of sp³-hybridized carbons (Fsp3) is 0.462. The van der Waals surface area contributed by atoms with Gasteiger partial charge in [-0.2, -0.15) is 0 Å². The van der Waals surface area contributed by atoms with Crippen LogP contribution in [-0.4, -0.2) is 23.7 Å². The van der Waals surface area contributed by atoms with E-state index in [0.29, 0.717) is 5.56 Å². The first kappa shape index (κ1) is 13.6. The lowest BCUT2D eigenvalue weighted by atomic mass is 9.97. The van der Waals surface area contributed by atoms with Crippen molar-refractivity contribution < 1.29 is 14.3 Å². The third kappa shape index (κ3) is 4.15. The molecule has 2 atom stereocenters. The highest BCUT2D eigenvalue weighted by Crippen LogP contribution is 2.21. The first-order valence-electron chi connectivity index (χ1n) is 5.69. The summed E-state index contributed by atoms with van der Waals surface area (Å²) in [4.78, 5) is 11.6. The van der Waals surface area contributed by atoms with Gasteiger partial charge in [0.25, 0.3) is 0 Å². The predicted molar refractivity (Wildman–Crippen MR) is 64.1 cm³/mol. The highest BCUT2D eigenvalue weighted by Gasteiger charge is 2.15. The minimum atomic E-state index is -0.289. The van der Waals surface area contributed by atoms with Crippen molar-refractivity contribution in [3.05, 3.63) is 35.6 Å². The van der Waals surface area contributed by atoms with Gasteiger partial charge in [0.05, 0.1) is 6.61 Å². The Labute approximate surface area is 101 Å². The molecule has 1 rings (SSSR count). The van der Waals surface area contributed by atoms with Gasteiger partial charge in [0, 0.05) is 12.5 Å². The summed E-state index contributed by atoms with van der Waals surface area (Å²) < 4.78 is 13.4. The molecule has 17 heavy (non-hydrogen) atoms. The zero-order valence-corrected chi connectivity index (χ0v) is 10.1. The highest BCUT2D eigenvalue weighted by atomic mass is 19.1. The van der Waals surface area contributed by atoms with Crippen LogP contribution < -0.4 is 5.32 Å². The van der Waals surface area contributed by atoms with Crippen LogP contribution in [0.2, 0.25) is 0 Å². The van der Waals surface area contributed by atoms with Gasteiger partial charge in [0.1, 0.15) is 5.82 Å². The lowest BCUT2D eigenvalue weighted by Gasteiger charge is -2.15. The molecule has 94 valence electrons. The second kappa shape index (κ2) is 6.35. The minimum Gasteiger partial charge on any atom is -0.394 e. The lowest BCUT2D eigenvalue weighted by Crippen LogP contribution is -2.35. The van der Waals surface area contributed by atoms with E-state index < -0.39 is 0 Å². The van der Waals surface area contributed by atoms with E-state index in [2.05, 4.69) is 5.32 Å². The monoisotopic (exact) mass is 239 g/mol. The summed E-state index contributed by atoms with van der Waals surface area (Å²) >= 11 is 0. The molecule has 0 bridgehead atoms. The molecule has 0 saturated carbocycles. The number of aliphatic hydroxyl groups excluding tert-OH is 1. The zero-order valence-electron chi connectivity index (χ0n) is 10.1. The van der Waals surface area contributed by atoms with Gasteiger partial charge in [-0.25, -0.2) is 4.39 Å². The number of amides is 1. The number of aliphatic hydroxyl groups is 1. The maximum Gasteiger partial charge on any atom is 0.220 e. The molecule has 1 aromatic carbocycles. The van der Waals surface area contributed by atoms with Crippen LogP contribution in [0.25, 0.3) is 0 Å². The summed E-state index contributed by atoms with van der Waals surface area (Å²) in [6.07, 6.45) is 0.214. The molecule has 1 aromatic rings. The molecule has 0 saturated heterocycles. The van der Waals surface area contributed by atoms with Gasteiger partial charge in [-0.05, 0) is 24.5 Å². The second-order valence-corrected chi connectivity index (χ2v) is 4.28. The van der Waals surface area contributed by atoms with Crippen molar-refractivity contribution >= 4 is 5.91 Å². The molecule has 2 N–H and O–H groups in total. The van der Waals surface area contributed by atoms with Gasteiger partial charge in [0.15, 0.2) is 0 Å². The van der Waals surface area contributed by atoms with Gasteiger partial charge < -0.3 is 10.4 Å². The summed E-state index contributed by atoms with van der Waals surface area (Å²) in [5, 5.41) is 11.4. The molecule has 0 fully saturated rings. The van der Waals surface area contributed by atoms with Gasteiger partial charge in [-0.3, -0.25) is 4.79 Å². The Hall–Kier alpha value is -1.42. The molecule has 3 nitrogen and oxygen atoms in total. The Morgan fingerprint density at radius 1 is 1.41 bits per heavy atom. The third-order valence-electron chi connectivity index (χ3n) is 2.61. The van der Waals surface area contributed by atoms with Crippen LogP contribution in [0.1, 0.15) is 31.7 Å². The molecule has 0 aliphatic carbocycles. The van der Waals surface area contributed by atoms with Crippen molar-refractivity contribution in [2.75, 3.05) is 6.61 Å². The zero-order chi connectivity index (χ0) is 12.8. The fourth-order valence-corrected chi connectivity index (χ4v) is 1.64. The summed E-state index contributed by atoms with van der Waals surface area (Å²) in [6, 6.07) is 6.18. The Bertz CT molecular complexity index is 381. The number of halogens is 1. The number of nitrogens with one attached hydrogen (secondary N) is 1. The van der Waals surface area contributed by atoms with Crippen LogP contribution in [0.3, 0.4) is 0 Å². The molecule has 0 radical (unpaired) electrons. The van der Waals surface area contributed by atoms with Crippen molar-refractivity contribution in [2.24, 2.45) is 0 Å². The maximum atomic E-state index is 13.4. The van der Waals surface area contributed by atoms with Gasteiger partial charge in [-0.1, -0.05) is 25.1 Å². The summed E-state index contributed by atoms with van der Waals surface area (Å²) in [7, 11) is 0. The van der Waals surface area contributed by atoms with Crippen LogP contribution in [0.4, 0.5) is 4.39 Å². The Morgan fingerprint density at radius 3 is 2.65 bits per heavy atom. The number of hydrogen-bond donors (Lipinski definition) is 2.